The van der Waals surface area contributed by atoms with Gasteiger partial charge in [-0.15, -0.1) is 0 Å². The summed E-state index contributed by atoms with van der Waals surface area (Å²) in [5.74, 6) is 1.57. The highest BCUT2D eigenvalue weighted by Crippen LogP contribution is 2.32. The molecular formula is C13H15BClN3. The Morgan fingerprint density at radius 3 is 3.06 bits per heavy atom. The van der Waals surface area contributed by atoms with Crippen molar-refractivity contribution < 1.29 is 0 Å². The van der Waals surface area contributed by atoms with Crippen molar-refractivity contribution in [2.75, 3.05) is 0 Å². The molecule has 0 spiro atoms. The van der Waals surface area contributed by atoms with Gasteiger partial charge in [-0.25, -0.2) is 9.50 Å². The van der Waals surface area contributed by atoms with Crippen LogP contribution in [0.2, 0.25) is 5.15 Å². The Hall–Kier alpha value is -1.03. The van der Waals surface area contributed by atoms with Crippen molar-refractivity contribution in [3.8, 4) is 0 Å². The summed E-state index contributed by atoms with van der Waals surface area (Å²) < 4.78 is 1.58. The molecule has 3 nitrogen and oxygen atoms in total. The van der Waals surface area contributed by atoms with Crippen LogP contribution in [-0.2, 0) is 6.42 Å². The van der Waals surface area contributed by atoms with E-state index in [1.165, 1.54) is 19.3 Å². The molecule has 2 unspecified atom stereocenters. The fourth-order valence-corrected chi connectivity index (χ4v) is 3.15. The van der Waals surface area contributed by atoms with Crippen LogP contribution in [-0.4, -0.2) is 22.4 Å². The Labute approximate surface area is 113 Å². The Balaban J connectivity index is 1.90. The minimum atomic E-state index is 0.581. The van der Waals surface area contributed by atoms with Gasteiger partial charge in [0.25, 0.3) is 0 Å². The van der Waals surface area contributed by atoms with Crippen molar-refractivity contribution in [2.45, 2.75) is 32.6 Å². The van der Waals surface area contributed by atoms with Crippen molar-refractivity contribution in [3.63, 3.8) is 0 Å². The van der Waals surface area contributed by atoms with Gasteiger partial charge >= 0.3 is 0 Å². The number of aromatic nitrogens is 3. The molecule has 2 aromatic rings. The van der Waals surface area contributed by atoms with E-state index < -0.39 is 0 Å². The molecule has 3 rings (SSSR count). The molecule has 1 aliphatic rings. The molecule has 0 N–H and O–H groups in total. The first-order chi connectivity index (χ1) is 8.63. The van der Waals surface area contributed by atoms with Gasteiger partial charge in [-0.1, -0.05) is 24.9 Å². The van der Waals surface area contributed by atoms with Crippen molar-refractivity contribution in [3.05, 3.63) is 23.1 Å². The fraction of sp³-hybridized carbons (Fsp3) is 0.538. The van der Waals surface area contributed by atoms with Crippen LogP contribution in [0, 0.1) is 11.8 Å². The van der Waals surface area contributed by atoms with Crippen LogP contribution in [0.3, 0.4) is 0 Å². The zero-order valence-corrected chi connectivity index (χ0v) is 11.2. The van der Waals surface area contributed by atoms with Gasteiger partial charge in [-0.05, 0) is 42.6 Å². The van der Waals surface area contributed by atoms with Crippen LogP contribution >= 0.6 is 11.6 Å². The number of hydrogen-bond donors (Lipinski definition) is 0. The first kappa shape index (κ1) is 12.0. The van der Waals surface area contributed by atoms with Crippen LogP contribution in [0.5, 0.6) is 0 Å². The fourth-order valence-electron chi connectivity index (χ4n) is 2.90. The van der Waals surface area contributed by atoms with E-state index in [4.69, 9.17) is 19.4 Å². The van der Waals surface area contributed by atoms with Crippen LogP contribution in [0.4, 0.5) is 0 Å². The van der Waals surface area contributed by atoms with Crippen molar-refractivity contribution in [2.24, 2.45) is 11.8 Å². The smallest absolute Gasteiger partial charge is 0.149 e. The number of halogens is 1. The summed E-state index contributed by atoms with van der Waals surface area (Å²) >= 11 is 6.19. The normalized spacial score (nSPS) is 23.9. The number of rotatable bonds is 2. The van der Waals surface area contributed by atoms with Crippen LogP contribution in [0.25, 0.3) is 5.65 Å². The molecule has 1 saturated carbocycles. The summed E-state index contributed by atoms with van der Waals surface area (Å²) in [7, 11) is 5.84. The molecule has 5 heteroatoms. The molecule has 2 aromatic heterocycles. The minimum absolute atomic E-state index is 0.581. The molecule has 0 bridgehead atoms. The molecule has 0 aromatic carbocycles. The van der Waals surface area contributed by atoms with Crippen LogP contribution in [0.15, 0.2) is 12.3 Å². The summed E-state index contributed by atoms with van der Waals surface area (Å²) in [6.07, 6.45) is 6.50. The van der Waals surface area contributed by atoms with Gasteiger partial charge < -0.3 is 0 Å². The zero-order valence-electron chi connectivity index (χ0n) is 10.4. The topological polar surface area (TPSA) is 30.2 Å². The maximum Gasteiger partial charge on any atom is 0.149 e. The third-order valence-electron chi connectivity index (χ3n) is 3.81. The van der Waals surface area contributed by atoms with E-state index in [9.17, 15) is 0 Å². The Morgan fingerprint density at radius 2 is 2.33 bits per heavy atom. The second-order valence-electron chi connectivity index (χ2n) is 5.39. The van der Waals surface area contributed by atoms with Gasteiger partial charge in [-0.3, -0.25) is 0 Å². The molecule has 1 aliphatic carbocycles. The number of fused-ring (bicyclic) bond motifs is 1. The predicted molar refractivity (Wildman–Crippen MR) is 73.6 cm³/mol. The third kappa shape index (κ3) is 2.14. The lowest BCUT2D eigenvalue weighted by molar-refractivity contribution is 0.508. The summed E-state index contributed by atoms with van der Waals surface area (Å²) in [5, 5.41) is 4.68. The molecule has 92 valence electrons. The van der Waals surface area contributed by atoms with Gasteiger partial charge in [0.1, 0.15) is 18.6 Å². The molecule has 0 aliphatic heterocycles. The highest BCUT2D eigenvalue weighted by atomic mass is 35.5. The van der Waals surface area contributed by atoms with E-state index in [1.54, 1.807) is 10.7 Å². The van der Waals surface area contributed by atoms with Crippen molar-refractivity contribution >= 4 is 30.6 Å². The third-order valence-corrected chi connectivity index (χ3v) is 4.08. The van der Waals surface area contributed by atoms with Gasteiger partial charge in [0.05, 0.1) is 0 Å². The van der Waals surface area contributed by atoms with Crippen LogP contribution in [0.1, 0.15) is 31.9 Å². The summed E-state index contributed by atoms with van der Waals surface area (Å²) in [6.45, 7) is 2.32. The van der Waals surface area contributed by atoms with Gasteiger partial charge in [-0.2, -0.15) is 5.10 Å². The quantitative estimate of drug-likeness (QED) is 0.611. The van der Waals surface area contributed by atoms with Crippen molar-refractivity contribution in [1.29, 1.82) is 0 Å². The first-order valence-corrected chi connectivity index (χ1v) is 6.80. The molecule has 18 heavy (non-hydrogen) atoms. The Morgan fingerprint density at radius 1 is 1.50 bits per heavy atom. The highest BCUT2D eigenvalue weighted by Gasteiger charge is 2.22. The van der Waals surface area contributed by atoms with Gasteiger partial charge in [0.2, 0.25) is 0 Å². The second kappa shape index (κ2) is 4.58. The van der Waals surface area contributed by atoms with E-state index in [-0.39, 0.29) is 0 Å². The van der Waals surface area contributed by atoms with E-state index in [2.05, 4.69) is 17.0 Å². The van der Waals surface area contributed by atoms with E-state index in [0.29, 0.717) is 16.3 Å². The van der Waals surface area contributed by atoms with E-state index in [0.717, 1.165) is 24.0 Å². The maximum absolute atomic E-state index is 6.19. The maximum atomic E-state index is 6.19. The first-order valence-electron chi connectivity index (χ1n) is 6.42. The van der Waals surface area contributed by atoms with Gasteiger partial charge in [0.15, 0.2) is 0 Å². The average Bonchev–Trinajstić information content (AvgIpc) is 2.87. The molecule has 0 saturated heterocycles. The molecule has 2 radical (unpaired) electrons. The lowest BCUT2D eigenvalue weighted by atomic mass is 9.99. The summed E-state index contributed by atoms with van der Waals surface area (Å²) in [5.41, 5.74) is 2.28. The predicted octanol–water partition coefficient (Wildman–Crippen LogP) is 2.16. The Kier molecular flexibility index (Phi) is 3.06. The summed E-state index contributed by atoms with van der Waals surface area (Å²) in [4.78, 5) is 4.58. The van der Waals surface area contributed by atoms with Crippen molar-refractivity contribution in [1.82, 2.24) is 14.6 Å². The number of hydrogen-bond acceptors (Lipinski definition) is 2. The lowest BCUT2D eigenvalue weighted by Gasteiger charge is -2.10. The van der Waals surface area contributed by atoms with E-state index in [1.807, 2.05) is 6.07 Å². The van der Waals surface area contributed by atoms with Gasteiger partial charge in [0, 0.05) is 11.9 Å². The standard InChI is InChI=1S/C13H15BClN3/c1-8-2-3-9(4-8)5-10-6-12(15)18-13(17-10)11(14)7-16-18/h6-9H,2-5H2,1H3. The SMILES string of the molecule is [B]c1cnn2c(Cl)cc(CC3CCC(C)C3)nc12. The second-order valence-corrected chi connectivity index (χ2v) is 5.78. The van der Waals surface area contributed by atoms with Crippen LogP contribution < -0.4 is 5.46 Å². The zero-order chi connectivity index (χ0) is 12.7. The molecule has 0 amide bonds. The van der Waals surface area contributed by atoms with E-state index >= 15 is 0 Å². The molecular weight excluding hydrogens is 244 g/mol. The molecule has 2 heterocycles. The highest BCUT2D eigenvalue weighted by molar-refractivity contribution is 6.36. The lowest BCUT2D eigenvalue weighted by Crippen LogP contribution is -2.08. The molecule has 2 atom stereocenters. The average molecular weight is 260 g/mol. The number of nitrogens with zero attached hydrogens (tertiary/aromatic N) is 3. The largest absolute Gasteiger partial charge is 0.234 e. The monoisotopic (exact) mass is 259 g/mol. The molecule has 1 fully saturated rings. The minimum Gasteiger partial charge on any atom is -0.234 e. The summed E-state index contributed by atoms with van der Waals surface area (Å²) in [6, 6.07) is 1.91. The Bertz CT molecular complexity index is 581.